The van der Waals surface area contributed by atoms with Gasteiger partial charge in [0.2, 0.25) is 6.33 Å². The summed E-state index contributed by atoms with van der Waals surface area (Å²) in [7, 11) is 1.63. The lowest BCUT2D eigenvalue weighted by Gasteiger charge is -2.05. The summed E-state index contributed by atoms with van der Waals surface area (Å²) >= 11 is 0. The van der Waals surface area contributed by atoms with Crippen molar-refractivity contribution in [3.63, 3.8) is 0 Å². The number of hydrogen-bond donors (Lipinski definition) is 1. The van der Waals surface area contributed by atoms with E-state index in [1.807, 2.05) is 64.0 Å². The van der Waals surface area contributed by atoms with E-state index in [9.17, 15) is 4.79 Å². The summed E-state index contributed by atoms with van der Waals surface area (Å²) in [6, 6.07) is 15.6. The van der Waals surface area contributed by atoms with Gasteiger partial charge in [0.05, 0.1) is 13.3 Å². The van der Waals surface area contributed by atoms with Crippen molar-refractivity contribution in [3.05, 3.63) is 67.0 Å². The molecule has 0 atom stereocenters. The van der Waals surface area contributed by atoms with Gasteiger partial charge in [0.15, 0.2) is 17.6 Å². The third-order valence-electron chi connectivity index (χ3n) is 3.89. The van der Waals surface area contributed by atoms with Crippen LogP contribution < -0.4 is 14.6 Å². The Kier molecular flexibility index (Phi) is 4.61. The van der Waals surface area contributed by atoms with Crippen molar-refractivity contribution >= 4 is 23.1 Å². The molecule has 122 valence electrons. The van der Waals surface area contributed by atoms with Crippen molar-refractivity contribution in [3.8, 4) is 5.75 Å². The first-order valence-corrected chi connectivity index (χ1v) is 7.72. The fourth-order valence-corrected chi connectivity index (χ4v) is 2.63. The third-order valence-corrected chi connectivity index (χ3v) is 3.89. The van der Waals surface area contributed by atoms with Gasteiger partial charge in [0.25, 0.3) is 5.91 Å². The van der Waals surface area contributed by atoms with Crippen LogP contribution in [0, 0.1) is 0 Å². The fraction of sp³-hybridized carbons (Fsp3) is 0.158. The molecule has 0 aliphatic carbocycles. The number of fused-ring (bicyclic) bond motifs is 1. The van der Waals surface area contributed by atoms with Crippen molar-refractivity contribution in [1.29, 1.82) is 0 Å². The number of amides is 1. The molecule has 0 fully saturated rings. The second kappa shape index (κ2) is 7.00. The predicted octanol–water partition coefficient (Wildman–Crippen LogP) is 2.35. The molecule has 0 aliphatic heterocycles. The molecule has 0 saturated heterocycles. The van der Waals surface area contributed by atoms with Crippen LogP contribution in [0.5, 0.6) is 5.75 Å². The van der Waals surface area contributed by atoms with E-state index in [4.69, 9.17) is 4.74 Å². The minimum atomic E-state index is -0.0391. The molecule has 0 spiro atoms. The summed E-state index contributed by atoms with van der Waals surface area (Å²) in [6.45, 7) is 4.55. The Bertz CT molecular complexity index is 866. The zero-order chi connectivity index (χ0) is 16.9. The molecule has 1 heterocycles. The maximum Gasteiger partial charge on any atom is 0.262 e. The Morgan fingerprint density at radius 1 is 1.25 bits per heavy atom. The summed E-state index contributed by atoms with van der Waals surface area (Å²) in [5.74, 6) is 0.764. The molecule has 5 nitrogen and oxygen atoms in total. The zero-order valence-electron chi connectivity index (χ0n) is 13.6. The smallest absolute Gasteiger partial charge is 0.262 e. The van der Waals surface area contributed by atoms with Crippen LogP contribution in [-0.2, 0) is 17.9 Å². The normalized spacial score (nSPS) is 10.5. The Labute approximate surface area is 140 Å². The van der Waals surface area contributed by atoms with Gasteiger partial charge in [-0.1, -0.05) is 30.8 Å². The topological polar surface area (TPSA) is 47.1 Å². The number of hydrogen-bond acceptors (Lipinski definition) is 2. The molecule has 1 amide bonds. The van der Waals surface area contributed by atoms with E-state index < -0.39 is 0 Å². The number of methoxy groups -OCH3 is 1. The lowest BCUT2D eigenvalue weighted by Crippen LogP contribution is -2.41. The highest BCUT2D eigenvalue weighted by atomic mass is 16.5. The molecule has 3 aromatic rings. The number of carbonyl (C=O) groups excluding carboxylic acids is 1. The van der Waals surface area contributed by atoms with Gasteiger partial charge in [-0.25, -0.2) is 9.13 Å². The van der Waals surface area contributed by atoms with Gasteiger partial charge in [0, 0.05) is 6.54 Å². The highest BCUT2D eigenvalue weighted by Gasteiger charge is 2.16. The van der Waals surface area contributed by atoms with Gasteiger partial charge in [-0.2, -0.15) is 0 Å². The maximum atomic E-state index is 12.3. The number of carbonyl (C=O) groups is 1. The van der Waals surface area contributed by atoms with E-state index in [0.717, 1.165) is 22.3 Å². The highest BCUT2D eigenvalue weighted by Crippen LogP contribution is 2.12. The number of nitrogens with zero attached hydrogens (tertiary/aromatic N) is 2. The van der Waals surface area contributed by atoms with Crippen LogP contribution in [0.1, 0.15) is 5.56 Å². The SMILES string of the molecule is C=Cn1c[n+](CC(=O)NCc2ccc(OC)cc2)c2ccccc21. The van der Waals surface area contributed by atoms with Gasteiger partial charge in [-0.05, 0) is 29.8 Å². The second-order valence-corrected chi connectivity index (χ2v) is 5.45. The minimum absolute atomic E-state index is 0.0391. The quantitative estimate of drug-likeness (QED) is 0.708. The van der Waals surface area contributed by atoms with Crippen molar-refractivity contribution in [2.24, 2.45) is 0 Å². The van der Waals surface area contributed by atoms with Crippen LogP contribution in [-0.4, -0.2) is 17.6 Å². The van der Waals surface area contributed by atoms with E-state index >= 15 is 0 Å². The van der Waals surface area contributed by atoms with Crippen molar-refractivity contribution in [2.75, 3.05) is 7.11 Å². The molecular formula is C19H20N3O2+. The number of aromatic nitrogens is 2. The Morgan fingerprint density at radius 2 is 2.00 bits per heavy atom. The molecular weight excluding hydrogens is 302 g/mol. The Balaban J connectivity index is 1.67. The third kappa shape index (κ3) is 3.30. The molecule has 2 aromatic carbocycles. The van der Waals surface area contributed by atoms with Gasteiger partial charge in [0.1, 0.15) is 5.75 Å². The van der Waals surface area contributed by atoms with E-state index in [-0.39, 0.29) is 12.5 Å². The number of rotatable bonds is 6. The lowest BCUT2D eigenvalue weighted by molar-refractivity contribution is -0.658. The molecule has 1 N–H and O–H groups in total. The monoisotopic (exact) mass is 322 g/mol. The summed E-state index contributed by atoms with van der Waals surface area (Å²) < 4.78 is 8.95. The summed E-state index contributed by atoms with van der Waals surface area (Å²) in [5.41, 5.74) is 3.05. The zero-order valence-corrected chi connectivity index (χ0v) is 13.6. The first kappa shape index (κ1) is 15.8. The predicted molar refractivity (Wildman–Crippen MR) is 93.4 cm³/mol. The average Bonchev–Trinajstić information content (AvgIpc) is 2.98. The highest BCUT2D eigenvalue weighted by molar-refractivity contribution is 5.77. The van der Waals surface area contributed by atoms with Crippen LogP contribution in [0.2, 0.25) is 0 Å². The van der Waals surface area contributed by atoms with E-state index in [0.29, 0.717) is 6.54 Å². The van der Waals surface area contributed by atoms with E-state index in [1.54, 1.807) is 13.3 Å². The van der Waals surface area contributed by atoms with Crippen LogP contribution >= 0.6 is 0 Å². The molecule has 24 heavy (non-hydrogen) atoms. The summed E-state index contributed by atoms with van der Waals surface area (Å²) in [5, 5.41) is 2.94. The number of imidazole rings is 1. The van der Waals surface area contributed by atoms with Gasteiger partial charge < -0.3 is 10.1 Å². The first-order valence-electron chi connectivity index (χ1n) is 7.72. The Morgan fingerprint density at radius 3 is 2.71 bits per heavy atom. The van der Waals surface area contributed by atoms with E-state index in [1.165, 1.54) is 0 Å². The molecule has 5 heteroatoms. The molecule has 0 saturated carbocycles. The molecule has 0 unspecified atom stereocenters. The summed E-state index contributed by atoms with van der Waals surface area (Å²) in [4.78, 5) is 12.3. The maximum absolute atomic E-state index is 12.3. The standard InChI is InChI=1S/C19H19N3O2/c1-3-21-14-22(18-7-5-4-6-17(18)21)13-19(23)20-12-15-8-10-16(24-2)11-9-15/h3-11,14H,1,12-13H2,2H3/p+1. The number of para-hydroxylation sites is 2. The molecule has 0 aliphatic rings. The van der Waals surface area contributed by atoms with E-state index in [2.05, 4.69) is 11.9 Å². The molecule has 1 aromatic heterocycles. The van der Waals surface area contributed by atoms with Gasteiger partial charge >= 0.3 is 0 Å². The first-order chi connectivity index (χ1) is 11.7. The van der Waals surface area contributed by atoms with Crippen LogP contribution in [0.15, 0.2) is 61.4 Å². The average molecular weight is 322 g/mol. The number of nitrogens with one attached hydrogen (secondary N) is 1. The van der Waals surface area contributed by atoms with Gasteiger partial charge in [-0.15, -0.1) is 0 Å². The van der Waals surface area contributed by atoms with Crippen LogP contribution in [0.3, 0.4) is 0 Å². The fourth-order valence-electron chi connectivity index (χ4n) is 2.63. The molecule has 0 bridgehead atoms. The van der Waals surface area contributed by atoms with Crippen molar-refractivity contribution in [2.45, 2.75) is 13.1 Å². The van der Waals surface area contributed by atoms with Crippen LogP contribution in [0.25, 0.3) is 17.2 Å². The summed E-state index contributed by atoms with van der Waals surface area (Å²) in [6.07, 6.45) is 3.61. The van der Waals surface area contributed by atoms with Gasteiger partial charge in [-0.3, -0.25) is 4.79 Å². The largest absolute Gasteiger partial charge is 0.497 e. The number of ether oxygens (including phenoxy) is 1. The second-order valence-electron chi connectivity index (χ2n) is 5.45. The number of benzene rings is 2. The minimum Gasteiger partial charge on any atom is -0.497 e. The molecule has 3 rings (SSSR count). The lowest BCUT2D eigenvalue weighted by atomic mass is 10.2. The molecule has 0 radical (unpaired) electrons. The van der Waals surface area contributed by atoms with Crippen molar-refractivity contribution in [1.82, 2.24) is 9.88 Å². The van der Waals surface area contributed by atoms with Crippen LogP contribution in [0.4, 0.5) is 0 Å². The van der Waals surface area contributed by atoms with Crippen molar-refractivity contribution < 1.29 is 14.1 Å². The Hall–Kier alpha value is -3.08.